The van der Waals surface area contributed by atoms with Gasteiger partial charge in [0.15, 0.2) is 0 Å². The first-order valence-corrected chi connectivity index (χ1v) is 7.17. The van der Waals surface area contributed by atoms with E-state index in [2.05, 4.69) is 13.0 Å². The van der Waals surface area contributed by atoms with Crippen LogP contribution in [0.3, 0.4) is 0 Å². The van der Waals surface area contributed by atoms with Crippen molar-refractivity contribution in [1.82, 2.24) is 0 Å². The van der Waals surface area contributed by atoms with Crippen LogP contribution in [0.2, 0.25) is 0 Å². The summed E-state index contributed by atoms with van der Waals surface area (Å²) >= 11 is 0. The molecular formula is C16H22O2. The van der Waals surface area contributed by atoms with E-state index in [1.165, 1.54) is 24.8 Å². The van der Waals surface area contributed by atoms with E-state index >= 15 is 0 Å². The summed E-state index contributed by atoms with van der Waals surface area (Å²) in [6.07, 6.45) is 5.60. The molecule has 0 radical (unpaired) electrons. The lowest BCUT2D eigenvalue weighted by molar-refractivity contribution is 0.0713. The molecule has 1 aromatic rings. The van der Waals surface area contributed by atoms with E-state index in [0.29, 0.717) is 5.92 Å². The molecule has 3 atom stereocenters. The molecular weight excluding hydrogens is 224 g/mol. The Morgan fingerprint density at radius 1 is 1.33 bits per heavy atom. The molecule has 1 fully saturated rings. The van der Waals surface area contributed by atoms with Crippen LogP contribution >= 0.6 is 0 Å². The Kier molecular flexibility index (Phi) is 3.29. The number of aliphatic hydroxyl groups is 1. The summed E-state index contributed by atoms with van der Waals surface area (Å²) in [5.41, 5.74) is 2.34. The van der Waals surface area contributed by atoms with Crippen molar-refractivity contribution in [3.8, 4) is 5.75 Å². The summed E-state index contributed by atoms with van der Waals surface area (Å²) in [6.45, 7) is 3.09. The van der Waals surface area contributed by atoms with Gasteiger partial charge in [0.25, 0.3) is 0 Å². The maximum Gasteiger partial charge on any atom is 0.122 e. The summed E-state index contributed by atoms with van der Waals surface area (Å²) in [5, 5.41) is 10.6. The van der Waals surface area contributed by atoms with Crippen molar-refractivity contribution in [1.29, 1.82) is 0 Å². The second kappa shape index (κ2) is 4.93. The van der Waals surface area contributed by atoms with Gasteiger partial charge in [0.1, 0.15) is 5.75 Å². The van der Waals surface area contributed by atoms with Crippen molar-refractivity contribution in [3.63, 3.8) is 0 Å². The normalized spacial score (nSPS) is 28.6. The van der Waals surface area contributed by atoms with Gasteiger partial charge in [0, 0.05) is 6.42 Å². The third-order valence-corrected chi connectivity index (χ3v) is 4.48. The van der Waals surface area contributed by atoms with Crippen LogP contribution in [-0.4, -0.2) is 11.7 Å². The van der Waals surface area contributed by atoms with Crippen LogP contribution in [0.25, 0.3) is 0 Å². The lowest BCUT2D eigenvalue weighted by Crippen LogP contribution is -2.20. The highest BCUT2D eigenvalue weighted by molar-refractivity contribution is 5.40. The Morgan fingerprint density at radius 3 is 3.06 bits per heavy atom. The third kappa shape index (κ3) is 2.26. The molecule has 2 nitrogen and oxygen atoms in total. The number of rotatable bonds is 2. The van der Waals surface area contributed by atoms with Crippen molar-refractivity contribution in [2.24, 2.45) is 11.8 Å². The van der Waals surface area contributed by atoms with Crippen molar-refractivity contribution in [3.05, 3.63) is 29.3 Å². The van der Waals surface area contributed by atoms with Crippen molar-refractivity contribution < 1.29 is 9.84 Å². The van der Waals surface area contributed by atoms with Crippen LogP contribution < -0.4 is 4.74 Å². The highest BCUT2D eigenvalue weighted by Gasteiger charge is 2.27. The molecule has 98 valence electrons. The fourth-order valence-electron chi connectivity index (χ4n) is 3.43. The molecule has 2 aliphatic rings. The Morgan fingerprint density at radius 2 is 2.22 bits per heavy atom. The first-order valence-electron chi connectivity index (χ1n) is 7.17. The van der Waals surface area contributed by atoms with Gasteiger partial charge in [-0.1, -0.05) is 25.8 Å². The quantitative estimate of drug-likeness (QED) is 0.865. The fourth-order valence-corrected chi connectivity index (χ4v) is 3.43. The van der Waals surface area contributed by atoms with Crippen molar-refractivity contribution >= 4 is 0 Å². The Labute approximate surface area is 109 Å². The summed E-state index contributed by atoms with van der Waals surface area (Å²) < 4.78 is 5.51. The van der Waals surface area contributed by atoms with Crippen LogP contribution in [0.15, 0.2) is 18.2 Å². The van der Waals surface area contributed by atoms with Crippen molar-refractivity contribution in [2.75, 3.05) is 6.61 Å². The minimum absolute atomic E-state index is 0.293. The predicted octanol–water partition coefficient (Wildman–Crippen LogP) is 3.48. The average Bonchev–Trinajstić information content (AvgIpc) is 2.85. The maximum absolute atomic E-state index is 10.6. The molecule has 3 rings (SSSR count). The monoisotopic (exact) mass is 246 g/mol. The Hall–Kier alpha value is -1.02. The molecule has 3 unspecified atom stereocenters. The summed E-state index contributed by atoms with van der Waals surface area (Å²) in [5.74, 6) is 2.20. The van der Waals surface area contributed by atoms with Gasteiger partial charge >= 0.3 is 0 Å². The van der Waals surface area contributed by atoms with Gasteiger partial charge in [0.2, 0.25) is 0 Å². The molecule has 1 aliphatic carbocycles. The average molecular weight is 246 g/mol. The van der Waals surface area contributed by atoms with Gasteiger partial charge in [-0.3, -0.25) is 0 Å². The highest BCUT2D eigenvalue weighted by atomic mass is 16.5. The SMILES string of the molecule is CC1CCCC(C(O)c2ccc3c(c2)CCO3)C1. The number of fused-ring (bicyclic) bond motifs is 1. The van der Waals surface area contributed by atoms with Crippen molar-refractivity contribution in [2.45, 2.75) is 45.1 Å². The summed E-state index contributed by atoms with van der Waals surface area (Å²) in [4.78, 5) is 0. The lowest BCUT2D eigenvalue weighted by atomic mass is 9.78. The molecule has 1 aromatic carbocycles. The van der Waals surface area contributed by atoms with Gasteiger partial charge < -0.3 is 9.84 Å². The Balaban J connectivity index is 1.77. The molecule has 2 heteroatoms. The minimum atomic E-state index is -0.293. The summed E-state index contributed by atoms with van der Waals surface area (Å²) in [6, 6.07) is 6.20. The van der Waals surface area contributed by atoms with Gasteiger partial charge in [-0.2, -0.15) is 0 Å². The number of benzene rings is 1. The highest BCUT2D eigenvalue weighted by Crippen LogP contribution is 2.38. The molecule has 18 heavy (non-hydrogen) atoms. The molecule has 0 aromatic heterocycles. The van der Waals surface area contributed by atoms with E-state index in [-0.39, 0.29) is 6.10 Å². The molecule has 0 spiro atoms. The van der Waals surface area contributed by atoms with E-state index in [1.54, 1.807) is 0 Å². The molecule has 0 saturated heterocycles. The zero-order valence-corrected chi connectivity index (χ0v) is 11.1. The van der Waals surface area contributed by atoms with Crippen LogP contribution in [0.4, 0.5) is 0 Å². The van der Waals surface area contributed by atoms with Crippen LogP contribution in [-0.2, 0) is 6.42 Å². The molecule has 1 N–H and O–H groups in total. The Bertz CT molecular complexity index is 427. The largest absolute Gasteiger partial charge is 0.493 e. The van der Waals surface area contributed by atoms with E-state index in [9.17, 15) is 5.11 Å². The number of aliphatic hydroxyl groups excluding tert-OH is 1. The molecule has 1 aliphatic heterocycles. The number of ether oxygens (including phenoxy) is 1. The van der Waals surface area contributed by atoms with Gasteiger partial charge in [-0.05, 0) is 47.9 Å². The topological polar surface area (TPSA) is 29.5 Å². The van der Waals surface area contributed by atoms with E-state index < -0.39 is 0 Å². The van der Waals surface area contributed by atoms with E-state index in [0.717, 1.165) is 36.7 Å². The van der Waals surface area contributed by atoms with Gasteiger partial charge in [-0.15, -0.1) is 0 Å². The molecule has 1 heterocycles. The molecule has 0 bridgehead atoms. The second-order valence-corrected chi connectivity index (χ2v) is 5.94. The van der Waals surface area contributed by atoms with Gasteiger partial charge in [0.05, 0.1) is 12.7 Å². The fraction of sp³-hybridized carbons (Fsp3) is 0.625. The van der Waals surface area contributed by atoms with E-state index in [1.807, 2.05) is 12.1 Å². The third-order valence-electron chi connectivity index (χ3n) is 4.48. The standard InChI is InChI=1S/C16H22O2/c1-11-3-2-4-13(9-11)16(17)14-5-6-15-12(10-14)7-8-18-15/h5-6,10-11,13,16-17H,2-4,7-9H2,1H3. The second-order valence-electron chi connectivity index (χ2n) is 5.94. The number of hydrogen-bond acceptors (Lipinski definition) is 2. The number of hydrogen-bond donors (Lipinski definition) is 1. The lowest BCUT2D eigenvalue weighted by Gasteiger charge is -2.30. The van der Waals surface area contributed by atoms with E-state index in [4.69, 9.17) is 4.74 Å². The zero-order valence-electron chi connectivity index (χ0n) is 11.1. The zero-order chi connectivity index (χ0) is 12.5. The molecule has 1 saturated carbocycles. The summed E-state index contributed by atoms with van der Waals surface area (Å²) in [7, 11) is 0. The first-order chi connectivity index (χ1) is 8.74. The van der Waals surface area contributed by atoms with Crippen LogP contribution in [0.1, 0.15) is 49.8 Å². The minimum Gasteiger partial charge on any atom is -0.493 e. The predicted molar refractivity (Wildman–Crippen MR) is 71.7 cm³/mol. The smallest absolute Gasteiger partial charge is 0.122 e. The first kappa shape index (κ1) is 12.0. The molecule has 0 amide bonds. The maximum atomic E-state index is 10.6. The van der Waals surface area contributed by atoms with Crippen LogP contribution in [0, 0.1) is 11.8 Å². The van der Waals surface area contributed by atoms with Gasteiger partial charge in [-0.25, -0.2) is 0 Å². The van der Waals surface area contributed by atoms with Crippen LogP contribution in [0.5, 0.6) is 5.75 Å².